The maximum Gasteiger partial charge on any atom is 0.228 e. The quantitative estimate of drug-likeness (QED) is 0.773. The molecule has 3 N–H and O–H groups in total. The standard InChI is InChI=1S/C14H21N3O/c15-7-4-8-17(14(18)13-9-16-10-13)11-12-5-2-1-3-6-12/h1-3,5-6,13,16H,4,7-11,15H2. The predicted molar refractivity (Wildman–Crippen MR) is 71.9 cm³/mol. The molecular formula is C14H21N3O. The summed E-state index contributed by atoms with van der Waals surface area (Å²) in [6.45, 7) is 3.69. The molecule has 4 nitrogen and oxygen atoms in total. The summed E-state index contributed by atoms with van der Waals surface area (Å²) in [5.41, 5.74) is 6.72. The third-order valence-electron chi connectivity index (χ3n) is 3.29. The van der Waals surface area contributed by atoms with Crippen LogP contribution in [-0.4, -0.2) is 37.0 Å². The van der Waals surface area contributed by atoms with Gasteiger partial charge in [0.05, 0.1) is 5.92 Å². The van der Waals surface area contributed by atoms with Gasteiger partial charge in [0, 0.05) is 26.2 Å². The first-order valence-electron chi connectivity index (χ1n) is 6.54. The molecule has 1 saturated heterocycles. The number of nitrogens with zero attached hydrogens (tertiary/aromatic N) is 1. The Kier molecular flexibility index (Phi) is 4.73. The van der Waals surface area contributed by atoms with Gasteiger partial charge in [-0.2, -0.15) is 0 Å². The lowest BCUT2D eigenvalue weighted by Gasteiger charge is -2.32. The van der Waals surface area contributed by atoms with Crippen LogP contribution in [0.4, 0.5) is 0 Å². The Hall–Kier alpha value is -1.39. The van der Waals surface area contributed by atoms with Crippen LogP contribution in [0.1, 0.15) is 12.0 Å². The van der Waals surface area contributed by atoms with E-state index in [0.717, 1.165) is 26.1 Å². The Morgan fingerprint density at radius 1 is 1.33 bits per heavy atom. The number of rotatable bonds is 6. The molecule has 0 aromatic heterocycles. The van der Waals surface area contributed by atoms with Crippen molar-refractivity contribution in [3.63, 3.8) is 0 Å². The van der Waals surface area contributed by atoms with E-state index in [1.54, 1.807) is 0 Å². The lowest BCUT2D eigenvalue weighted by atomic mass is 10.0. The zero-order valence-electron chi connectivity index (χ0n) is 10.6. The average molecular weight is 247 g/mol. The molecule has 0 spiro atoms. The van der Waals surface area contributed by atoms with Crippen LogP contribution in [0.3, 0.4) is 0 Å². The molecular weight excluding hydrogens is 226 g/mol. The first-order chi connectivity index (χ1) is 8.81. The minimum absolute atomic E-state index is 0.159. The van der Waals surface area contributed by atoms with Crippen LogP contribution in [0, 0.1) is 5.92 Å². The minimum Gasteiger partial charge on any atom is -0.338 e. The second-order valence-electron chi connectivity index (χ2n) is 4.74. The van der Waals surface area contributed by atoms with Crippen LogP contribution in [0.15, 0.2) is 30.3 Å². The fraction of sp³-hybridized carbons (Fsp3) is 0.500. The molecule has 0 saturated carbocycles. The molecule has 1 amide bonds. The lowest BCUT2D eigenvalue weighted by molar-refractivity contribution is -0.137. The zero-order valence-corrected chi connectivity index (χ0v) is 10.6. The highest BCUT2D eigenvalue weighted by molar-refractivity contribution is 5.80. The number of amides is 1. The predicted octanol–water partition coefficient (Wildman–Crippen LogP) is 0.583. The topological polar surface area (TPSA) is 58.4 Å². The normalized spacial score (nSPS) is 15.2. The summed E-state index contributed by atoms with van der Waals surface area (Å²) in [4.78, 5) is 14.2. The van der Waals surface area contributed by atoms with Gasteiger partial charge in [0.1, 0.15) is 0 Å². The van der Waals surface area contributed by atoms with Gasteiger partial charge in [-0.1, -0.05) is 30.3 Å². The number of hydrogen-bond donors (Lipinski definition) is 2. The van der Waals surface area contributed by atoms with E-state index in [1.165, 1.54) is 5.56 Å². The second kappa shape index (κ2) is 6.52. The highest BCUT2D eigenvalue weighted by atomic mass is 16.2. The molecule has 1 aromatic carbocycles. The summed E-state index contributed by atoms with van der Waals surface area (Å²) in [5.74, 6) is 0.414. The van der Waals surface area contributed by atoms with E-state index in [1.807, 2.05) is 23.1 Å². The minimum atomic E-state index is 0.159. The van der Waals surface area contributed by atoms with E-state index >= 15 is 0 Å². The van der Waals surface area contributed by atoms with Gasteiger partial charge >= 0.3 is 0 Å². The molecule has 2 rings (SSSR count). The average Bonchev–Trinajstić information content (AvgIpc) is 2.33. The fourth-order valence-electron chi connectivity index (χ4n) is 2.07. The van der Waals surface area contributed by atoms with Crippen LogP contribution in [0.25, 0.3) is 0 Å². The molecule has 0 radical (unpaired) electrons. The van der Waals surface area contributed by atoms with Gasteiger partial charge in [0.15, 0.2) is 0 Å². The second-order valence-corrected chi connectivity index (χ2v) is 4.74. The SMILES string of the molecule is NCCCN(Cc1ccccc1)C(=O)C1CNC1. The molecule has 1 aromatic rings. The van der Waals surface area contributed by atoms with Crippen molar-refractivity contribution in [3.8, 4) is 0 Å². The largest absolute Gasteiger partial charge is 0.338 e. The molecule has 0 aliphatic carbocycles. The van der Waals surface area contributed by atoms with Crippen LogP contribution in [0.5, 0.6) is 0 Å². The Morgan fingerprint density at radius 3 is 2.61 bits per heavy atom. The van der Waals surface area contributed by atoms with E-state index in [2.05, 4.69) is 17.4 Å². The Labute approximate surface area is 108 Å². The highest BCUT2D eigenvalue weighted by Gasteiger charge is 2.28. The smallest absolute Gasteiger partial charge is 0.228 e. The molecule has 1 aliphatic heterocycles. The van der Waals surface area contributed by atoms with Crippen molar-refractivity contribution in [2.75, 3.05) is 26.2 Å². The maximum absolute atomic E-state index is 12.3. The Morgan fingerprint density at radius 2 is 2.06 bits per heavy atom. The maximum atomic E-state index is 12.3. The fourth-order valence-corrected chi connectivity index (χ4v) is 2.07. The summed E-state index contributed by atoms with van der Waals surface area (Å²) < 4.78 is 0. The third-order valence-corrected chi connectivity index (χ3v) is 3.29. The van der Waals surface area contributed by atoms with E-state index in [4.69, 9.17) is 5.73 Å². The highest BCUT2D eigenvalue weighted by Crippen LogP contribution is 2.12. The molecule has 1 fully saturated rings. The summed E-state index contributed by atoms with van der Waals surface area (Å²) in [7, 11) is 0. The first kappa shape index (κ1) is 13.1. The number of nitrogens with two attached hydrogens (primary N) is 1. The Bertz CT molecular complexity index is 376. The van der Waals surface area contributed by atoms with Crippen LogP contribution >= 0.6 is 0 Å². The van der Waals surface area contributed by atoms with Gasteiger partial charge in [-0.15, -0.1) is 0 Å². The molecule has 98 valence electrons. The molecule has 0 atom stereocenters. The van der Waals surface area contributed by atoms with Crippen molar-refractivity contribution in [1.82, 2.24) is 10.2 Å². The van der Waals surface area contributed by atoms with Gasteiger partial charge in [-0.25, -0.2) is 0 Å². The number of benzene rings is 1. The summed E-state index contributed by atoms with van der Waals surface area (Å²) in [5, 5.41) is 3.14. The van der Waals surface area contributed by atoms with Crippen LogP contribution in [-0.2, 0) is 11.3 Å². The van der Waals surface area contributed by atoms with E-state index < -0.39 is 0 Å². The Balaban J connectivity index is 1.97. The monoisotopic (exact) mass is 247 g/mol. The first-order valence-corrected chi connectivity index (χ1v) is 6.54. The zero-order chi connectivity index (χ0) is 12.8. The number of carbonyl (C=O) groups excluding carboxylic acids is 1. The van der Waals surface area contributed by atoms with Gasteiger partial charge in [-0.3, -0.25) is 4.79 Å². The van der Waals surface area contributed by atoms with Gasteiger partial charge in [0.2, 0.25) is 5.91 Å². The summed E-state index contributed by atoms with van der Waals surface area (Å²) in [6, 6.07) is 10.1. The van der Waals surface area contributed by atoms with Crippen LogP contribution in [0.2, 0.25) is 0 Å². The molecule has 4 heteroatoms. The molecule has 18 heavy (non-hydrogen) atoms. The van der Waals surface area contributed by atoms with Gasteiger partial charge in [0.25, 0.3) is 0 Å². The number of hydrogen-bond acceptors (Lipinski definition) is 3. The summed E-state index contributed by atoms with van der Waals surface area (Å²) >= 11 is 0. The summed E-state index contributed by atoms with van der Waals surface area (Å²) in [6.07, 6.45) is 0.860. The van der Waals surface area contributed by atoms with Crippen molar-refractivity contribution in [3.05, 3.63) is 35.9 Å². The van der Waals surface area contributed by atoms with Crippen molar-refractivity contribution in [2.24, 2.45) is 11.7 Å². The van der Waals surface area contributed by atoms with Crippen molar-refractivity contribution < 1.29 is 4.79 Å². The van der Waals surface area contributed by atoms with Crippen molar-refractivity contribution >= 4 is 5.91 Å². The third kappa shape index (κ3) is 3.31. The number of nitrogens with one attached hydrogen (secondary N) is 1. The van der Waals surface area contributed by atoms with E-state index in [0.29, 0.717) is 13.1 Å². The van der Waals surface area contributed by atoms with E-state index in [9.17, 15) is 4.79 Å². The van der Waals surface area contributed by atoms with Crippen LogP contribution < -0.4 is 11.1 Å². The van der Waals surface area contributed by atoms with E-state index in [-0.39, 0.29) is 11.8 Å². The number of carbonyl (C=O) groups is 1. The molecule has 0 unspecified atom stereocenters. The van der Waals surface area contributed by atoms with Crippen molar-refractivity contribution in [2.45, 2.75) is 13.0 Å². The van der Waals surface area contributed by atoms with Crippen molar-refractivity contribution in [1.29, 1.82) is 0 Å². The molecule has 1 heterocycles. The van der Waals surface area contributed by atoms with Gasteiger partial charge < -0.3 is 16.0 Å². The lowest BCUT2D eigenvalue weighted by Crippen LogP contribution is -2.52. The molecule has 1 aliphatic rings. The van der Waals surface area contributed by atoms with Gasteiger partial charge in [-0.05, 0) is 18.5 Å². The molecule has 0 bridgehead atoms.